The van der Waals surface area contributed by atoms with Crippen LogP contribution >= 0.6 is 45.9 Å². The Bertz CT molecular complexity index is 278. The van der Waals surface area contributed by atoms with Crippen molar-refractivity contribution in [3.63, 3.8) is 0 Å². The number of halogens is 3. The molecule has 0 atom stereocenters. The highest BCUT2D eigenvalue weighted by atomic mass is 80.0. The van der Waals surface area contributed by atoms with Gasteiger partial charge in [-0.25, -0.2) is 4.79 Å². The molecule has 0 radical (unpaired) electrons. The number of esters is 1. The molecule has 0 saturated heterocycles. The van der Waals surface area contributed by atoms with Crippen molar-refractivity contribution in [2.75, 3.05) is 6.61 Å². The summed E-state index contributed by atoms with van der Waals surface area (Å²) in [5, 5.41) is 0. The normalized spacial score (nSPS) is 11.4. The molecule has 0 spiro atoms. The van der Waals surface area contributed by atoms with E-state index in [1.54, 1.807) is 6.92 Å². The van der Waals surface area contributed by atoms with Crippen molar-refractivity contribution in [1.29, 1.82) is 0 Å². The second kappa shape index (κ2) is 11.5. The number of hydrogen-bond donors (Lipinski definition) is 0. The zero-order valence-electron chi connectivity index (χ0n) is 11.5. The summed E-state index contributed by atoms with van der Waals surface area (Å²) in [5.41, 5.74) is 0.477. The van der Waals surface area contributed by atoms with E-state index in [0.29, 0.717) is 12.2 Å². The SMILES string of the molecule is C=C(C)C(=O)OCCCCCCCCC[Si](Br)(Br)Br. The Morgan fingerprint density at radius 2 is 1.47 bits per heavy atom. The van der Waals surface area contributed by atoms with Gasteiger partial charge >= 0.3 is 5.97 Å². The summed E-state index contributed by atoms with van der Waals surface area (Å²) in [6.45, 7) is 5.75. The van der Waals surface area contributed by atoms with Crippen LogP contribution in [0, 0.1) is 0 Å². The Labute approximate surface area is 141 Å². The van der Waals surface area contributed by atoms with E-state index in [2.05, 4.69) is 52.5 Å². The number of carbonyl (C=O) groups is 1. The lowest BCUT2D eigenvalue weighted by atomic mass is 10.1. The number of ether oxygens (including phenoxy) is 1. The molecule has 0 aliphatic carbocycles. The summed E-state index contributed by atoms with van der Waals surface area (Å²) in [6, 6.07) is 1.21. The summed E-state index contributed by atoms with van der Waals surface area (Å²) < 4.78 is 3.65. The minimum Gasteiger partial charge on any atom is -0.462 e. The van der Waals surface area contributed by atoms with Crippen LogP contribution in [-0.4, -0.2) is 16.5 Å². The number of hydrogen-bond acceptors (Lipinski definition) is 2. The minimum atomic E-state index is -1.38. The average Bonchev–Trinajstić information content (AvgIpc) is 2.29. The van der Waals surface area contributed by atoms with Crippen LogP contribution in [0.3, 0.4) is 0 Å². The van der Waals surface area contributed by atoms with E-state index in [1.165, 1.54) is 38.1 Å². The fraction of sp³-hybridized carbons (Fsp3) is 0.769. The lowest BCUT2D eigenvalue weighted by Gasteiger charge is -2.08. The molecule has 0 N–H and O–H groups in total. The summed E-state index contributed by atoms with van der Waals surface area (Å²) in [5.74, 6) is -0.271. The van der Waals surface area contributed by atoms with Crippen molar-refractivity contribution in [2.45, 2.75) is 57.9 Å². The molecule has 0 aliphatic heterocycles. The maximum absolute atomic E-state index is 11.1. The average molecular weight is 479 g/mol. The molecule has 0 fully saturated rings. The molecule has 0 rings (SSSR count). The maximum atomic E-state index is 11.1. The van der Waals surface area contributed by atoms with Crippen LogP contribution in [0.1, 0.15) is 51.9 Å². The van der Waals surface area contributed by atoms with Crippen LogP contribution in [0.5, 0.6) is 0 Å². The molecular weight excluding hydrogens is 456 g/mol. The van der Waals surface area contributed by atoms with E-state index < -0.39 is 3.93 Å². The van der Waals surface area contributed by atoms with Crippen molar-refractivity contribution in [1.82, 2.24) is 0 Å². The number of carbonyl (C=O) groups excluding carboxylic acids is 1. The van der Waals surface area contributed by atoms with Gasteiger partial charge in [-0.1, -0.05) is 91.0 Å². The van der Waals surface area contributed by atoms with Gasteiger partial charge in [0.05, 0.1) is 6.61 Å². The number of rotatable bonds is 11. The third kappa shape index (κ3) is 15.1. The van der Waals surface area contributed by atoms with Gasteiger partial charge in [0.1, 0.15) is 0 Å². The van der Waals surface area contributed by atoms with Crippen LogP contribution in [0.15, 0.2) is 12.2 Å². The third-order valence-corrected chi connectivity index (χ3v) is 7.18. The highest BCUT2D eigenvalue weighted by Crippen LogP contribution is 2.33. The van der Waals surface area contributed by atoms with Gasteiger partial charge < -0.3 is 4.74 Å². The monoisotopic (exact) mass is 476 g/mol. The first-order valence-electron chi connectivity index (χ1n) is 6.72. The van der Waals surface area contributed by atoms with Gasteiger partial charge in [0, 0.05) is 5.57 Å². The fourth-order valence-corrected chi connectivity index (χ4v) is 4.77. The summed E-state index contributed by atoms with van der Waals surface area (Å²) in [7, 11) is 0. The lowest BCUT2D eigenvalue weighted by molar-refractivity contribution is -0.139. The first kappa shape index (κ1) is 19.9. The van der Waals surface area contributed by atoms with Gasteiger partial charge in [0.2, 0.25) is 0 Å². The Hall–Kier alpha value is 0.867. The Balaban J connectivity index is 3.20. The number of unbranched alkanes of at least 4 members (excludes halogenated alkanes) is 6. The molecule has 0 aliphatic rings. The smallest absolute Gasteiger partial charge is 0.333 e. The molecule has 112 valence electrons. The molecule has 6 heteroatoms. The van der Waals surface area contributed by atoms with Gasteiger partial charge in [-0.3, -0.25) is 0 Å². The molecule has 0 aromatic rings. The van der Waals surface area contributed by atoms with Crippen molar-refractivity contribution in [3.05, 3.63) is 12.2 Å². The Kier molecular flexibility index (Phi) is 12.0. The largest absolute Gasteiger partial charge is 0.462 e. The predicted molar refractivity (Wildman–Crippen MR) is 95.4 cm³/mol. The second-order valence-electron chi connectivity index (χ2n) is 4.76. The van der Waals surface area contributed by atoms with E-state index in [0.717, 1.165) is 12.8 Å². The molecule has 0 aromatic heterocycles. The van der Waals surface area contributed by atoms with E-state index in [4.69, 9.17) is 4.74 Å². The zero-order valence-corrected chi connectivity index (χ0v) is 17.3. The Morgan fingerprint density at radius 1 is 1.00 bits per heavy atom. The van der Waals surface area contributed by atoms with Crippen LogP contribution in [0.25, 0.3) is 0 Å². The van der Waals surface area contributed by atoms with E-state index in [1.807, 2.05) is 0 Å². The molecule has 0 saturated carbocycles. The van der Waals surface area contributed by atoms with Gasteiger partial charge in [0.15, 0.2) is 0 Å². The highest BCUT2D eigenvalue weighted by Gasteiger charge is 2.20. The third-order valence-electron chi connectivity index (χ3n) is 2.69. The summed E-state index contributed by atoms with van der Waals surface area (Å²) in [6.07, 6.45) is 8.45. The molecule has 0 bridgehead atoms. The summed E-state index contributed by atoms with van der Waals surface area (Å²) >= 11 is 10.9. The zero-order chi connectivity index (χ0) is 14.7. The van der Waals surface area contributed by atoms with E-state index >= 15 is 0 Å². The van der Waals surface area contributed by atoms with Crippen LogP contribution in [-0.2, 0) is 9.53 Å². The molecule has 0 heterocycles. The highest BCUT2D eigenvalue weighted by molar-refractivity contribution is 9.72. The van der Waals surface area contributed by atoms with E-state index in [-0.39, 0.29) is 5.97 Å². The van der Waals surface area contributed by atoms with Gasteiger partial charge in [-0.15, -0.1) is 0 Å². The first-order chi connectivity index (χ1) is 8.83. The van der Waals surface area contributed by atoms with Crippen molar-refractivity contribution >= 4 is 55.8 Å². The second-order valence-corrected chi connectivity index (χ2v) is 28.2. The minimum absolute atomic E-state index is 0.271. The molecule has 19 heavy (non-hydrogen) atoms. The van der Waals surface area contributed by atoms with E-state index in [9.17, 15) is 4.79 Å². The molecular formula is C13H23Br3O2Si. The molecule has 0 aromatic carbocycles. The molecule has 0 amide bonds. The Morgan fingerprint density at radius 3 is 1.95 bits per heavy atom. The predicted octanol–water partition coefficient (Wildman–Crippen LogP) is 5.96. The van der Waals surface area contributed by atoms with Crippen LogP contribution < -0.4 is 0 Å². The maximum Gasteiger partial charge on any atom is 0.333 e. The molecule has 2 nitrogen and oxygen atoms in total. The quantitative estimate of drug-likeness (QED) is 0.120. The van der Waals surface area contributed by atoms with Crippen molar-refractivity contribution in [2.24, 2.45) is 0 Å². The van der Waals surface area contributed by atoms with Gasteiger partial charge in [-0.2, -0.15) is 0 Å². The van der Waals surface area contributed by atoms with Gasteiger partial charge in [-0.05, 0) is 19.4 Å². The van der Waals surface area contributed by atoms with Crippen molar-refractivity contribution < 1.29 is 9.53 Å². The van der Waals surface area contributed by atoms with Crippen LogP contribution in [0.4, 0.5) is 0 Å². The fourth-order valence-electron chi connectivity index (χ4n) is 1.60. The topological polar surface area (TPSA) is 26.3 Å². The summed E-state index contributed by atoms with van der Waals surface area (Å²) in [4.78, 5) is 11.1. The van der Waals surface area contributed by atoms with Crippen molar-refractivity contribution in [3.8, 4) is 0 Å². The van der Waals surface area contributed by atoms with Crippen LogP contribution in [0.2, 0.25) is 6.04 Å². The first-order valence-corrected chi connectivity index (χ1v) is 15.7. The molecule has 0 unspecified atom stereocenters. The van der Waals surface area contributed by atoms with Gasteiger partial charge in [0.25, 0.3) is 3.93 Å². The lowest BCUT2D eigenvalue weighted by Crippen LogP contribution is -2.06. The standard InChI is InChI=1S/C13H23Br3O2Si/c1-12(2)13(17)18-10-8-6-4-3-5-7-9-11-19(14,15)16/h1,3-11H2,2H3.